The molecule has 2 N–H and O–H groups in total. The second-order valence-electron chi connectivity index (χ2n) is 7.66. The summed E-state index contributed by atoms with van der Waals surface area (Å²) in [7, 11) is 1.79. The molecule has 0 aliphatic heterocycles. The molecule has 0 aromatic heterocycles. The van der Waals surface area contributed by atoms with Gasteiger partial charge in [-0.2, -0.15) is 0 Å². The first-order chi connectivity index (χ1) is 13.3. The minimum absolute atomic E-state index is 0.0373. The number of anilines is 2. The first-order valence-electron chi connectivity index (χ1n) is 9.78. The van der Waals surface area contributed by atoms with Crippen LogP contribution in [0.15, 0.2) is 36.4 Å². The molecule has 2 aromatic carbocycles. The van der Waals surface area contributed by atoms with Gasteiger partial charge in [-0.15, -0.1) is 0 Å². The highest BCUT2D eigenvalue weighted by molar-refractivity contribution is 6.33. The van der Waals surface area contributed by atoms with Gasteiger partial charge in [-0.05, 0) is 60.6 Å². The van der Waals surface area contributed by atoms with Crippen molar-refractivity contribution in [3.8, 4) is 5.75 Å². The van der Waals surface area contributed by atoms with E-state index in [2.05, 4.69) is 50.5 Å². The van der Waals surface area contributed by atoms with E-state index in [-0.39, 0.29) is 11.3 Å². The lowest BCUT2D eigenvalue weighted by Crippen LogP contribution is -2.15. The quantitative estimate of drug-likeness (QED) is 0.492. The molecule has 0 unspecified atom stereocenters. The van der Waals surface area contributed by atoms with Gasteiger partial charge in [0.15, 0.2) is 0 Å². The third kappa shape index (κ3) is 5.90. The molecular weight excluding hydrogens is 372 g/mol. The van der Waals surface area contributed by atoms with Gasteiger partial charge in [-0.3, -0.25) is 4.79 Å². The molecule has 0 bridgehead atoms. The number of nitrogens with one attached hydrogen (secondary N) is 2. The van der Waals surface area contributed by atoms with E-state index in [0.29, 0.717) is 24.5 Å². The summed E-state index contributed by atoms with van der Waals surface area (Å²) in [5.74, 6) is 0.845. The monoisotopic (exact) mass is 402 g/mol. The fourth-order valence-corrected chi connectivity index (χ4v) is 3.08. The van der Waals surface area contributed by atoms with Gasteiger partial charge in [0.25, 0.3) is 0 Å². The zero-order valence-electron chi connectivity index (χ0n) is 17.5. The molecule has 0 fully saturated rings. The zero-order chi connectivity index (χ0) is 20.7. The molecule has 2 rings (SSSR count). The van der Waals surface area contributed by atoms with E-state index in [4.69, 9.17) is 16.3 Å². The molecule has 0 heterocycles. The Morgan fingerprint density at radius 2 is 1.93 bits per heavy atom. The van der Waals surface area contributed by atoms with E-state index in [9.17, 15) is 4.79 Å². The summed E-state index contributed by atoms with van der Waals surface area (Å²) >= 11 is 6.06. The highest BCUT2D eigenvalue weighted by atomic mass is 35.5. The summed E-state index contributed by atoms with van der Waals surface area (Å²) in [4.78, 5) is 12.1. The highest BCUT2D eigenvalue weighted by Gasteiger charge is 2.18. The third-order valence-electron chi connectivity index (χ3n) is 5.17. The van der Waals surface area contributed by atoms with Crippen LogP contribution in [0.25, 0.3) is 0 Å². The summed E-state index contributed by atoms with van der Waals surface area (Å²) < 4.78 is 5.88. The Kier molecular flexibility index (Phi) is 7.76. The second-order valence-corrected chi connectivity index (χ2v) is 8.07. The van der Waals surface area contributed by atoms with Crippen molar-refractivity contribution in [3.63, 3.8) is 0 Å². The minimum Gasteiger partial charge on any atom is -0.493 e. The van der Waals surface area contributed by atoms with Crippen molar-refractivity contribution in [2.45, 2.75) is 52.4 Å². The minimum atomic E-state index is -0.0373. The van der Waals surface area contributed by atoms with Crippen LogP contribution in [0.2, 0.25) is 5.02 Å². The summed E-state index contributed by atoms with van der Waals surface area (Å²) in [5.41, 5.74) is 4.13. The Hall–Kier alpha value is -2.20. The predicted molar refractivity (Wildman–Crippen MR) is 119 cm³/mol. The van der Waals surface area contributed by atoms with E-state index >= 15 is 0 Å². The lowest BCUT2D eigenvalue weighted by Gasteiger charge is -2.24. The number of amides is 1. The highest BCUT2D eigenvalue weighted by Crippen LogP contribution is 2.30. The van der Waals surface area contributed by atoms with Crippen molar-refractivity contribution in [1.29, 1.82) is 0 Å². The third-order valence-corrected chi connectivity index (χ3v) is 5.50. The fourth-order valence-electron chi connectivity index (χ4n) is 2.87. The standard InChI is InChI=1S/C23H31ClN2O2/c1-6-23(3,4)17-9-12-21(16(2)14-17)28-13-7-8-22(27)26-18-10-11-19(24)20(15-18)25-5/h9-12,14-15,25H,6-8,13H2,1-5H3,(H,26,27). The van der Waals surface area contributed by atoms with Gasteiger partial charge >= 0.3 is 0 Å². The van der Waals surface area contributed by atoms with E-state index in [1.54, 1.807) is 19.2 Å². The number of ether oxygens (including phenoxy) is 1. The van der Waals surface area contributed by atoms with Crippen LogP contribution in [0.3, 0.4) is 0 Å². The number of hydrogen-bond acceptors (Lipinski definition) is 3. The van der Waals surface area contributed by atoms with E-state index < -0.39 is 0 Å². The number of carbonyl (C=O) groups is 1. The predicted octanol–water partition coefficient (Wildman–Crippen LogP) is 6.18. The van der Waals surface area contributed by atoms with Gasteiger partial charge < -0.3 is 15.4 Å². The first kappa shape index (κ1) is 22.1. The molecule has 0 atom stereocenters. The van der Waals surface area contributed by atoms with Crippen LogP contribution in [0.4, 0.5) is 11.4 Å². The molecule has 0 radical (unpaired) electrons. The average Bonchev–Trinajstić information content (AvgIpc) is 2.67. The lowest BCUT2D eigenvalue weighted by atomic mass is 9.81. The maximum atomic E-state index is 12.1. The molecule has 5 heteroatoms. The van der Waals surface area contributed by atoms with E-state index in [0.717, 1.165) is 29.1 Å². The average molecular weight is 403 g/mol. The molecule has 152 valence electrons. The lowest BCUT2D eigenvalue weighted by molar-refractivity contribution is -0.116. The number of rotatable bonds is 9. The van der Waals surface area contributed by atoms with Crippen LogP contribution in [0.5, 0.6) is 5.75 Å². The number of hydrogen-bond donors (Lipinski definition) is 2. The van der Waals surface area contributed by atoms with Gasteiger partial charge in [0.1, 0.15) is 5.75 Å². The van der Waals surface area contributed by atoms with E-state index in [1.807, 2.05) is 12.1 Å². The Bertz CT molecular complexity index is 818. The first-order valence-corrected chi connectivity index (χ1v) is 10.2. The van der Waals surface area contributed by atoms with Gasteiger partial charge in [0.05, 0.1) is 17.3 Å². The molecule has 0 aliphatic rings. The van der Waals surface area contributed by atoms with Gasteiger partial charge in [0, 0.05) is 19.2 Å². The number of aryl methyl sites for hydroxylation is 1. The molecule has 0 spiro atoms. The fraction of sp³-hybridized carbons (Fsp3) is 0.435. The topological polar surface area (TPSA) is 50.4 Å². The summed E-state index contributed by atoms with van der Waals surface area (Å²) in [6.45, 7) is 9.28. The molecule has 4 nitrogen and oxygen atoms in total. The van der Waals surface area contributed by atoms with Crippen molar-refractivity contribution < 1.29 is 9.53 Å². The van der Waals surface area contributed by atoms with Crippen molar-refractivity contribution >= 4 is 28.9 Å². The smallest absolute Gasteiger partial charge is 0.224 e. The van der Waals surface area contributed by atoms with Crippen LogP contribution in [0.1, 0.15) is 51.2 Å². The van der Waals surface area contributed by atoms with Gasteiger partial charge in [-0.1, -0.05) is 44.5 Å². The Balaban J connectivity index is 1.82. The molecular formula is C23H31ClN2O2. The maximum absolute atomic E-state index is 12.1. The molecule has 28 heavy (non-hydrogen) atoms. The SMILES string of the molecule is CCC(C)(C)c1ccc(OCCCC(=O)Nc2ccc(Cl)c(NC)c2)c(C)c1. The van der Waals surface area contributed by atoms with Crippen molar-refractivity contribution in [2.24, 2.45) is 0 Å². The molecule has 2 aromatic rings. The van der Waals surface area contributed by atoms with Crippen LogP contribution in [-0.4, -0.2) is 19.6 Å². The number of carbonyl (C=O) groups excluding carboxylic acids is 1. The second kappa shape index (κ2) is 9.83. The Morgan fingerprint density at radius 3 is 2.57 bits per heavy atom. The van der Waals surface area contributed by atoms with Crippen molar-refractivity contribution in [3.05, 3.63) is 52.5 Å². The molecule has 0 saturated carbocycles. The summed E-state index contributed by atoms with van der Waals surface area (Å²) in [6, 6.07) is 11.7. The summed E-state index contributed by atoms with van der Waals surface area (Å²) in [5, 5.41) is 6.51. The van der Waals surface area contributed by atoms with Gasteiger partial charge in [0.2, 0.25) is 5.91 Å². The normalized spacial score (nSPS) is 11.2. The largest absolute Gasteiger partial charge is 0.493 e. The molecule has 1 amide bonds. The number of benzene rings is 2. The zero-order valence-corrected chi connectivity index (χ0v) is 18.2. The van der Waals surface area contributed by atoms with Crippen molar-refractivity contribution in [2.75, 3.05) is 24.3 Å². The number of halogens is 1. The van der Waals surface area contributed by atoms with Crippen LogP contribution < -0.4 is 15.4 Å². The van der Waals surface area contributed by atoms with E-state index in [1.165, 1.54) is 5.56 Å². The molecule has 0 saturated heterocycles. The van der Waals surface area contributed by atoms with Crippen LogP contribution >= 0.6 is 11.6 Å². The summed E-state index contributed by atoms with van der Waals surface area (Å²) in [6.07, 6.45) is 2.14. The van der Waals surface area contributed by atoms with Crippen molar-refractivity contribution in [1.82, 2.24) is 0 Å². The maximum Gasteiger partial charge on any atom is 0.224 e. The Labute approximate surface area is 173 Å². The van der Waals surface area contributed by atoms with Crippen LogP contribution in [-0.2, 0) is 10.2 Å². The molecule has 0 aliphatic carbocycles. The van der Waals surface area contributed by atoms with Crippen LogP contribution in [0, 0.1) is 6.92 Å². The Morgan fingerprint density at radius 1 is 1.18 bits per heavy atom. The van der Waals surface area contributed by atoms with Gasteiger partial charge in [-0.25, -0.2) is 0 Å².